The molecule has 0 aliphatic rings. The van der Waals surface area contributed by atoms with Crippen molar-refractivity contribution in [2.24, 2.45) is 0 Å². The first-order chi connectivity index (χ1) is 5.18. The van der Waals surface area contributed by atoms with Gasteiger partial charge in [-0.2, -0.15) is 0 Å². The van der Waals surface area contributed by atoms with Gasteiger partial charge in [-0.25, -0.2) is 3.11 Å². The van der Waals surface area contributed by atoms with Crippen LogP contribution >= 0.6 is 22.9 Å². The summed E-state index contributed by atoms with van der Waals surface area (Å²) in [4.78, 5) is 8.35. The molecule has 0 unspecified atom stereocenters. The van der Waals surface area contributed by atoms with Crippen molar-refractivity contribution in [1.82, 2.24) is 13.1 Å². The predicted molar refractivity (Wildman–Crippen MR) is 52.3 cm³/mol. The van der Waals surface area contributed by atoms with Crippen LogP contribution in [0, 0.1) is 6.92 Å². The molecular formula is C7H10IN3. The molecule has 0 aliphatic heterocycles. The number of hydrogen-bond donors (Lipinski definition) is 0. The van der Waals surface area contributed by atoms with Gasteiger partial charge in [0.15, 0.2) is 0 Å². The minimum absolute atomic E-state index is 0.842. The normalized spacial score (nSPS) is 10.5. The number of hydrogen-bond acceptors (Lipinski definition) is 3. The molecule has 0 saturated carbocycles. The summed E-state index contributed by atoms with van der Waals surface area (Å²) >= 11 is 2.22. The highest BCUT2D eigenvalue weighted by Gasteiger charge is 1.97. The minimum atomic E-state index is 0.842. The third kappa shape index (κ3) is 3.11. The van der Waals surface area contributed by atoms with Crippen molar-refractivity contribution in [1.29, 1.82) is 0 Å². The third-order valence-corrected chi connectivity index (χ3v) is 1.53. The van der Waals surface area contributed by atoms with E-state index in [-0.39, 0.29) is 0 Å². The van der Waals surface area contributed by atoms with Gasteiger partial charge in [0.2, 0.25) is 0 Å². The van der Waals surface area contributed by atoms with E-state index < -0.39 is 0 Å². The molecule has 1 rings (SSSR count). The molecule has 0 atom stereocenters. The minimum Gasteiger partial charge on any atom is -0.261 e. The van der Waals surface area contributed by atoms with Crippen LogP contribution in [0.5, 0.6) is 0 Å². The van der Waals surface area contributed by atoms with Gasteiger partial charge in [-0.15, -0.1) is 0 Å². The van der Waals surface area contributed by atoms with Crippen LogP contribution in [0.2, 0.25) is 0 Å². The Hall–Kier alpha value is -0.230. The fourth-order valence-corrected chi connectivity index (χ4v) is 1.16. The van der Waals surface area contributed by atoms with E-state index >= 15 is 0 Å². The fourth-order valence-electron chi connectivity index (χ4n) is 0.815. The van der Waals surface area contributed by atoms with Crippen LogP contribution in [0.25, 0.3) is 0 Å². The van der Waals surface area contributed by atoms with Crippen molar-refractivity contribution < 1.29 is 0 Å². The SMILES string of the molecule is Cc1cncc(CN(C)I)n1. The van der Waals surface area contributed by atoms with Crippen LogP contribution in [0.4, 0.5) is 0 Å². The maximum Gasteiger partial charge on any atom is 0.0738 e. The molecule has 0 aromatic carbocycles. The van der Waals surface area contributed by atoms with Crippen molar-refractivity contribution >= 4 is 22.9 Å². The van der Waals surface area contributed by atoms with E-state index in [9.17, 15) is 0 Å². The number of halogens is 1. The first-order valence-corrected chi connectivity index (χ1v) is 4.29. The Morgan fingerprint density at radius 3 is 2.82 bits per heavy atom. The number of aryl methyl sites for hydroxylation is 1. The summed E-state index contributed by atoms with van der Waals surface area (Å²) in [6.45, 7) is 2.79. The first kappa shape index (κ1) is 8.86. The van der Waals surface area contributed by atoms with Gasteiger partial charge in [-0.3, -0.25) is 9.97 Å². The zero-order chi connectivity index (χ0) is 8.27. The predicted octanol–water partition coefficient (Wildman–Crippen LogP) is 1.57. The molecule has 1 heterocycles. The Morgan fingerprint density at radius 2 is 2.27 bits per heavy atom. The lowest BCUT2D eigenvalue weighted by atomic mass is 10.4. The summed E-state index contributed by atoms with van der Waals surface area (Å²) in [5.74, 6) is 0. The topological polar surface area (TPSA) is 29.0 Å². The van der Waals surface area contributed by atoms with Crippen molar-refractivity contribution in [3.63, 3.8) is 0 Å². The smallest absolute Gasteiger partial charge is 0.0738 e. The molecule has 1 aromatic rings. The molecule has 0 bridgehead atoms. The van der Waals surface area contributed by atoms with Gasteiger partial charge >= 0.3 is 0 Å². The molecule has 0 spiro atoms. The van der Waals surface area contributed by atoms with E-state index in [4.69, 9.17) is 0 Å². The summed E-state index contributed by atoms with van der Waals surface area (Å²) in [7, 11) is 2.00. The molecule has 60 valence electrons. The van der Waals surface area contributed by atoms with E-state index in [0.717, 1.165) is 17.9 Å². The van der Waals surface area contributed by atoms with Crippen LogP contribution in [0.3, 0.4) is 0 Å². The Balaban J connectivity index is 2.71. The van der Waals surface area contributed by atoms with Gasteiger partial charge < -0.3 is 0 Å². The Morgan fingerprint density at radius 1 is 1.55 bits per heavy atom. The van der Waals surface area contributed by atoms with Crippen LogP contribution in [0.1, 0.15) is 11.4 Å². The lowest BCUT2D eigenvalue weighted by molar-refractivity contribution is 0.594. The largest absolute Gasteiger partial charge is 0.261 e. The van der Waals surface area contributed by atoms with Crippen LogP contribution in [0.15, 0.2) is 12.4 Å². The summed E-state index contributed by atoms with van der Waals surface area (Å²) in [6, 6.07) is 0. The van der Waals surface area contributed by atoms with Crippen LogP contribution in [-0.4, -0.2) is 20.1 Å². The zero-order valence-electron chi connectivity index (χ0n) is 6.58. The van der Waals surface area contributed by atoms with Gasteiger partial charge in [0.25, 0.3) is 0 Å². The van der Waals surface area contributed by atoms with E-state index in [1.807, 2.05) is 17.1 Å². The third-order valence-electron chi connectivity index (χ3n) is 1.18. The number of rotatable bonds is 2. The van der Waals surface area contributed by atoms with Crippen molar-refractivity contribution in [3.05, 3.63) is 23.8 Å². The van der Waals surface area contributed by atoms with E-state index in [0.29, 0.717) is 0 Å². The first-order valence-electron chi connectivity index (χ1n) is 3.33. The number of aromatic nitrogens is 2. The van der Waals surface area contributed by atoms with E-state index in [1.165, 1.54) is 0 Å². The molecule has 0 saturated heterocycles. The lowest BCUT2D eigenvalue weighted by Gasteiger charge is -2.05. The monoisotopic (exact) mass is 263 g/mol. The van der Waals surface area contributed by atoms with E-state index in [1.54, 1.807) is 12.4 Å². The molecule has 0 amide bonds. The van der Waals surface area contributed by atoms with Crippen molar-refractivity contribution in [2.75, 3.05) is 7.05 Å². The van der Waals surface area contributed by atoms with Gasteiger partial charge in [-0.1, -0.05) is 0 Å². The molecule has 3 nitrogen and oxygen atoms in total. The molecule has 0 aliphatic carbocycles. The molecule has 0 fully saturated rings. The van der Waals surface area contributed by atoms with Crippen LogP contribution in [-0.2, 0) is 6.54 Å². The molecule has 11 heavy (non-hydrogen) atoms. The van der Waals surface area contributed by atoms with Gasteiger partial charge in [0, 0.05) is 35.3 Å². The molecule has 0 N–H and O–H groups in total. The van der Waals surface area contributed by atoms with Crippen LogP contribution < -0.4 is 0 Å². The Kier molecular flexibility index (Phi) is 3.19. The lowest BCUT2D eigenvalue weighted by Crippen LogP contribution is -2.05. The second-order valence-corrected chi connectivity index (χ2v) is 4.06. The maximum atomic E-state index is 4.30. The van der Waals surface area contributed by atoms with Crippen molar-refractivity contribution in [2.45, 2.75) is 13.5 Å². The maximum absolute atomic E-state index is 4.30. The second kappa shape index (κ2) is 3.96. The Labute approximate surface area is 80.3 Å². The van der Waals surface area contributed by atoms with Gasteiger partial charge in [-0.05, 0) is 14.0 Å². The summed E-state index contributed by atoms with van der Waals surface area (Å²) in [6.07, 6.45) is 3.55. The standard InChI is InChI=1S/C7H10IN3/c1-6-3-9-4-7(10-6)5-11(2)8/h3-4H,5H2,1-2H3. The Bertz CT molecular complexity index is 237. The molecule has 0 radical (unpaired) electrons. The quantitative estimate of drug-likeness (QED) is 0.599. The highest BCUT2D eigenvalue weighted by Crippen LogP contribution is 2.02. The van der Waals surface area contributed by atoms with Crippen molar-refractivity contribution in [3.8, 4) is 0 Å². The molecule has 1 aromatic heterocycles. The molecule has 4 heteroatoms. The summed E-state index contributed by atoms with van der Waals surface area (Å²) < 4.78 is 2.04. The summed E-state index contributed by atoms with van der Waals surface area (Å²) in [5.41, 5.74) is 1.99. The van der Waals surface area contributed by atoms with Gasteiger partial charge in [0.1, 0.15) is 0 Å². The summed E-state index contributed by atoms with van der Waals surface area (Å²) in [5, 5.41) is 0. The second-order valence-electron chi connectivity index (χ2n) is 2.41. The van der Waals surface area contributed by atoms with E-state index in [2.05, 4.69) is 32.8 Å². The zero-order valence-corrected chi connectivity index (χ0v) is 8.74. The number of nitrogens with zero attached hydrogens (tertiary/aromatic N) is 3. The average molecular weight is 263 g/mol. The highest BCUT2D eigenvalue weighted by atomic mass is 127. The highest BCUT2D eigenvalue weighted by molar-refractivity contribution is 14.1. The van der Waals surface area contributed by atoms with Gasteiger partial charge in [0.05, 0.1) is 17.9 Å². The molecular weight excluding hydrogens is 253 g/mol. The fraction of sp³-hybridized carbons (Fsp3) is 0.429. The average Bonchev–Trinajstić information content (AvgIpc) is 1.85.